The summed E-state index contributed by atoms with van der Waals surface area (Å²) in [7, 11) is 0. The second kappa shape index (κ2) is 7.46. The smallest absolute Gasteiger partial charge is 0.307 e. The molecule has 5 nitrogen and oxygen atoms in total. The van der Waals surface area contributed by atoms with Gasteiger partial charge in [-0.3, -0.25) is 0 Å². The van der Waals surface area contributed by atoms with Gasteiger partial charge in [-0.1, -0.05) is 0 Å². The van der Waals surface area contributed by atoms with Crippen molar-refractivity contribution >= 4 is 12.4 Å². The molecular weight excluding hydrogens is 307 g/mol. The summed E-state index contributed by atoms with van der Waals surface area (Å²) in [5.41, 5.74) is 1.40. The van der Waals surface area contributed by atoms with Crippen molar-refractivity contribution in [2.24, 2.45) is 0 Å². The van der Waals surface area contributed by atoms with Gasteiger partial charge in [0.15, 0.2) is 0 Å². The Morgan fingerprint density at radius 3 is 2.62 bits per heavy atom. The van der Waals surface area contributed by atoms with Crippen LogP contribution in [0.2, 0.25) is 0 Å². The van der Waals surface area contributed by atoms with Gasteiger partial charge in [0.05, 0.1) is 11.4 Å². The molecule has 2 heterocycles. The Hall–Kier alpha value is -1.54. The van der Waals surface area contributed by atoms with E-state index in [2.05, 4.69) is 15.5 Å². The molecule has 0 unspecified atom stereocenters. The molecule has 0 bridgehead atoms. The summed E-state index contributed by atoms with van der Waals surface area (Å²) in [4.78, 5) is 0. The van der Waals surface area contributed by atoms with Crippen molar-refractivity contribution < 1.29 is 13.2 Å². The van der Waals surface area contributed by atoms with Gasteiger partial charge in [-0.15, -0.1) is 12.4 Å². The zero-order valence-electron chi connectivity index (χ0n) is 11.7. The second-order valence-corrected chi connectivity index (χ2v) is 4.32. The van der Waals surface area contributed by atoms with E-state index in [0.29, 0.717) is 28.2 Å². The van der Waals surface area contributed by atoms with Gasteiger partial charge in [-0.25, -0.2) is 9.36 Å². The third-order valence-electron chi connectivity index (χ3n) is 3.03. The zero-order valence-corrected chi connectivity index (χ0v) is 12.5. The average Bonchev–Trinajstić information content (AvgIpc) is 2.97. The first-order valence-corrected chi connectivity index (χ1v) is 6.27. The molecule has 0 amide bonds. The average molecular weight is 324 g/mol. The van der Waals surface area contributed by atoms with Crippen LogP contribution >= 0.6 is 12.4 Å². The van der Waals surface area contributed by atoms with Crippen LogP contribution in [0.5, 0.6) is 0 Å². The van der Waals surface area contributed by atoms with Crippen molar-refractivity contribution in [3.8, 4) is 0 Å². The molecule has 0 atom stereocenters. The standard InChI is InChI=1S/C12H16F3N5.ClH/c1-3-19-11(13)10(8(2)18-19)7-16-6-9-4-5-17-20(9)12(14)15;/h4-5,12,16H,3,6-7H2,1-2H3;1H. The van der Waals surface area contributed by atoms with Gasteiger partial charge in [0.1, 0.15) is 0 Å². The second-order valence-electron chi connectivity index (χ2n) is 4.32. The fraction of sp³-hybridized carbons (Fsp3) is 0.500. The summed E-state index contributed by atoms with van der Waals surface area (Å²) in [6.45, 7) is 1.70. The van der Waals surface area contributed by atoms with E-state index in [1.165, 1.54) is 16.9 Å². The van der Waals surface area contributed by atoms with Crippen molar-refractivity contribution in [1.82, 2.24) is 24.9 Å². The van der Waals surface area contributed by atoms with Crippen molar-refractivity contribution in [1.29, 1.82) is 0 Å². The Morgan fingerprint density at radius 1 is 1.33 bits per heavy atom. The van der Waals surface area contributed by atoms with E-state index < -0.39 is 6.55 Å². The monoisotopic (exact) mass is 323 g/mol. The SMILES string of the molecule is CCn1nc(C)c(CNCc2ccnn2C(F)F)c1F.Cl. The summed E-state index contributed by atoms with van der Waals surface area (Å²) >= 11 is 0. The molecule has 21 heavy (non-hydrogen) atoms. The highest BCUT2D eigenvalue weighted by Crippen LogP contribution is 2.14. The molecule has 0 aliphatic heterocycles. The van der Waals surface area contributed by atoms with Crippen LogP contribution in [0.15, 0.2) is 12.3 Å². The molecule has 118 valence electrons. The molecule has 2 aromatic rings. The highest BCUT2D eigenvalue weighted by Gasteiger charge is 2.15. The molecule has 2 aromatic heterocycles. The van der Waals surface area contributed by atoms with Gasteiger partial charge in [-0.2, -0.15) is 23.4 Å². The highest BCUT2D eigenvalue weighted by atomic mass is 35.5. The Bertz CT molecular complexity index is 581. The summed E-state index contributed by atoms with van der Waals surface area (Å²) in [5.74, 6) is -0.389. The summed E-state index contributed by atoms with van der Waals surface area (Å²) in [5, 5.41) is 10.5. The summed E-state index contributed by atoms with van der Waals surface area (Å²) in [6.07, 6.45) is 1.31. The maximum absolute atomic E-state index is 13.9. The van der Waals surface area contributed by atoms with Gasteiger partial charge < -0.3 is 5.32 Å². The van der Waals surface area contributed by atoms with Crippen LogP contribution < -0.4 is 5.32 Å². The molecule has 0 aliphatic carbocycles. The first-order valence-electron chi connectivity index (χ1n) is 6.27. The lowest BCUT2D eigenvalue weighted by atomic mass is 10.2. The number of nitrogens with one attached hydrogen (secondary N) is 1. The minimum absolute atomic E-state index is 0. The van der Waals surface area contributed by atoms with E-state index >= 15 is 0 Å². The van der Waals surface area contributed by atoms with E-state index in [1.54, 1.807) is 13.8 Å². The maximum Gasteiger partial charge on any atom is 0.333 e. The van der Waals surface area contributed by atoms with Crippen molar-refractivity contribution in [3.05, 3.63) is 35.2 Å². The van der Waals surface area contributed by atoms with Gasteiger partial charge in [0.2, 0.25) is 5.95 Å². The van der Waals surface area contributed by atoms with Crippen LogP contribution in [-0.4, -0.2) is 19.6 Å². The number of nitrogens with zero attached hydrogens (tertiary/aromatic N) is 4. The number of rotatable bonds is 6. The molecule has 0 saturated carbocycles. The first kappa shape index (κ1) is 17.5. The van der Waals surface area contributed by atoms with E-state index in [-0.39, 0.29) is 31.4 Å². The predicted octanol–water partition coefficient (Wildman–Crippen LogP) is 2.65. The lowest BCUT2D eigenvalue weighted by Crippen LogP contribution is -2.17. The van der Waals surface area contributed by atoms with E-state index in [4.69, 9.17) is 0 Å². The minimum Gasteiger partial charge on any atom is -0.307 e. The van der Waals surface area contributed by atoms with Gasteiger partial charge in [0.25, 0.3) is 0 Å². The van der Waals surface area contributed by atoms with E-state index in [0.717, 1.165) is 0 Å². The number of halogens is 4. The molecule has 0 fully saturated rings. The first-order chi connectivity index (χ1) is 9.54. The molecule has 9 heteroatoms. The largest absolute Gasteiger partial charge is 0.333 e. The Labute approximate surface area is 126 Å². The van der Waals surface area contributed by atoms with Crippen LogP contribution in [0.1, 0.15) is 30.4 Å². The fourth-order valence-electron chi connectivity index (χ4n) is 1.97. The van der Waals surface area contributed by atoms with Gasteiger partial charge in [0, 0.05) is 31.4 Å². The van der Waals surface area contributed by atoms with Crippen molar-refractivity contribution in [3.63, 3.8) is 0 Å². The fourth-order valence-corrected chi connectivity index (χ4v) is 1.97. The Balaban J connectivity index is 0.00000220. The van der Waals surface area contributed by atoms with E-state index in [1.807, 2.05) is 0 Å². The van der Waals surface area contributed by atoms with Crippen LogP contribution in [0.25, 0.3) is 0 Å². The summed E-state index contributed by atoms with van der Waals surface area (Å²) in [6, 6.07) is 1.50. The summed E-state index contributed by atoms with van der Waals surface area (Å²) < 4.78 is 41.0. The minimum atomic E-state index is -2.68. The van der Waals surface area contributed by atoms with Crippen molar-refractivity contribution in [2.75, 3.05) is 0 Å². The van der Waals surface area contributed by atoms with E-state index in [9.17, 15) is 13.2 Å². The Morgan fingerprint density at radius 2 is 2.05 bits per heavy atom. The van der Waals surface area contributed by atoms with Gasteiger partial charge >= 0.3 is 6.55 Å². The third-order valence-corrected chi connectivity index (χ3v) is 3.03. The maximum atomic E-state index is 13.9. The Kier molecular flexibility index (Phi) is 6.22. The molecule has 0 saturated heterocycles. The normalized spacial score (nSPS) is 11.0. The highest BCUT2D eigenvalue weighted by molar-refractivity contribution is 5.85. The number of hydrogen-bond donors (Lipinski definition) is 1. The molecule has 1 N–H and O–H groups in total. The molecule has 0 aromatic carbocycles. The molecule has 0 radical (unpaired) electrons. The lowest BCUT2D eigenvalue weighted by molar-refractivity contribution is 0.0531. The zero-order chi connectivity index (χ0) is 14.7. The molecule has 0 aliphatic rings. The van der Waals surface area contributed by atoms with Crippen LogP contribution in [0.4, 0.5) is 13.2 Å². The number of hydrogen-bond acceptors (Lipinski definition) is 3. The quantitative estimate of drug-likeness (QED) is 0.889. The number of alkyl halides is 2. The van der Waals surface area contributed by atoms with Crippen LogP contribution in [-0.2, 0) is 19.6 Å². The lowest BCUT2D eigenvalue weighted by Gasteiger charge is -2.07. The molecule has 2 rings (SSSR count). The van der Waals surface area contributed by atoms with Crippen LogP contribution in [0.3, 0.4) is 0 Å². The molecule has 0 spiro atoms. The van der Waals surface area contributed by atoms with Crippen molar-refractivity contribution in [2.45, 2.75) is 40.0 Å². The number of aromatic nitrogens is 4. The van der Waals surface area contributed by atoms with Crippen LogP contribution in [0, 0.1) is 12.9 Å². The predicted molar refractivity (Wildman–Crippen MR) is 73.9 cm³/mol. The number of aryl methyl sites for hydroxylation is 2. The molecular formula is C12H17ClF3N5. The topological polar surface area (TPSA) is 47.7 Å². The third kappa shape index (κ3) is 3.76. The van der Waals surface area contributed by atoms with Gasteiger partial charge in [-0.05, 0) is 19.9 Å².